The summed E-state index contributed by atoms with van der Waals surface area (Å²) in [5.41, 5.74) is 1.69. The topological polar surface area (TPSA) is 67.9 Å². The van der Waals surface area contributed by atoms with E-state index in [1.54, 1.807) is 12.0 Å². The molecule has 0 aromatic heterocycles. The first kappa shape index (κ1) is 19.7. The molecule has 1 heterocycles. The van der Waals surface area contributed by atoms with Gasteiger partial charge in [-0.2, -0.15) is 0 Å². The first-order chi connectivity index (χ1) is 13.5. The Morgan fingerprint density at radius 1 is 1.18 bits per heavy atom. The van der Waals surface area contributed by atoms with E-state index < -0.39 is 0 Å². The standard InChI is InChI=1S/C22H26N2O4/c1-15(2)28-20-7-5-4-6-19(20)24-14-17(12-21(24)25)22(26)23-13-16-8-10-18(27-3)11-9-16/h4-11,15,17H,12-14H2,1-3H3,(H,23,26). The van der Waals surface area contributed by atoms with Crippen LogP contribution in [0.5, 0.6) is 11.5 Å². The SMILES string of the molecule is COc1ccc(CNC(=O)C2CC(=O)N(c3ccccc3OC(C)C)C2)cc1. The van der Waals surface area contributed by atoms with Gasteiger partial charge >= 0.3 is 0 Å². The molecule has 28 heavy (non-hydrogen) atoms. The Kier molecular flexibility index (Phi) is 6.19. The summed E-state index contributed by atoms with van der Waals surface area (Å²) in [5.74, 6) is 0.871. The molecule has 1 unspecified atom stereocenters. The Morgan fingerprint density at radius 2 is 1.89 bits per heavy atom. The van der Waals surface area contributed by atoms with Gasteiger partial charge < -0.3 is 19.7 Å². The third-order valence-electron chi connectivity index (χ3n) is 4.64. The third-order valence-corrected chi connectivity index (χ3v) is 4.64. The van der Waals surface area contributed by atoms with Crippen molar-refractivity contribution in [2.45, 2.75) is 32.9 Å². The predicted octanol–water partition coefficient (Wildman–Crippen LogP) is 3.15. The Morgan fingerprint density at radius 3 is 2.57 bits per heavy atom. The van der Waals surface area contributed by atoms with Gasteiger partial charge in [0.25, 0.3) is 0 Å². The lowest BCUT2D eigenvalue weighted by Crippen LogP contribution is -2.32. The van der Waals surface area contributed by atoms with E-state index in [2.05, 4.69) is 5.32 Å². The average molecular weight is 382 g/mol. The normalized spacial score (nSPS) is 16.4. The van der Waals surface area contributed by atoms with Gasteiger partial charge in [-0.25, -0.2) is 0 Å². The molecule has 0 saturated carbocycles. The number of nitrogens with zero attached hydrogens (tertiary/aromatic N) is 1. The molecular formula is C22H26N2O4. The van der Waals surface area contributed by atoms with Crippen LogP contribution in [0.2, 0.25) is 0 Å². The summed E-state index contributed by atoms with van der Waals surface area (Å²) in [7, 11) is 1.62. The molecule has 0 radical (unpaired) electrons. The minimum atomic E-state index is -0.377. The summed E-state index contributed by atoms with van der Waals surface area (Å²) in [6.45, 7) is 4.66. The molecule has 1 saturated heterocycles. The van der Waals surface area contributed by atoms with Crippen LogP contribution in [0.1, 0.15) is 25.8 Å². The number of para-hydroxylation sites is 2. The number of hydrogen-bond acceptors (Lipinski definition) is 4. The highest BCUT2D eigenvalue weighted by Crippen LogP contribution is 2.33. The Bertz CT molecular complexity index is 833. The number of hydrogen-bond donors (Lipinski definition) is 1. The van der Waals surface area contributed by atoms with Crippen LogP contribution < -0.4 is 19.7 Å². The molecule has 2 aromatic rings. The van der Waals surface area contributed by atoms with Gasteiger partial charge in [-0.15, -0.1) is 0 Å². The first-order valence-electron chi connectivity index (χ1n) is 9.44. The van der Waals surface area contributed by atoms with E-state index in [1.807, 2.05) is 62.4 Å². The number of anilines is 1. The predicted molar refractivity (Wildman–Crippen MR) is 108 cm³/mol. The molecule has 2 amide bonds. The fourth-order valence-electron chi connectivity index (χ4n) is 3.23. The van der Waals surface area contributed by atoms with Gasteiger partial charge in [0.15, 0.2) is 0 Å². The molecule has 1 aliphatic rings. The number of benzene rings is 2. The van der Waals surface area contributed by atoms with Crippen molar-refractivity contribution in [3.63, 3.8) is 0 Å². The Labute approximate surface area is 165 Å². The van der Waals surface area contributed by atoms with E-state index >= 15 is 0 Å². The smallest absolute Gasteiger partial charge is 0.227 e. The summed E-state index contributed by atoms with van der Waals surface area (Å²) in [6, 6.07) is 15.0. The van der Waals surface area contributed by atoms with E-state index in [0.29, 0.717) is 24.5 Å². The highest BCUT2D eigenvalue weighted by atomic mass is 16.5. The van der Waals surface area contributed by atoms with Crippen molar-refractivity contribution in [3.8, 4) is 11.5 Å². The molecule has 0 spiro atoms. The van der Waals surface area contributed by atoms with E-state index in [9.17, 15) is 9.59 Å². The van der Waals surface area contributed by atoms with Gasteiger partial charge in [0.05, 0.1) is 24.8 Å². The monoisotopic (exact) mass is 382 g/mol. The Hall–Kier alpha value is -3.02. The molecule has 148 valence electrons. The molecule has 0 aliphatic carbocycles. The van der Waals surface area contributed by atoms with Crippen LogP contribution in [0.25, 0.3) is 0 Å². The molecular weight excluding hydrogens is 356 g/mol. The number of rotatable bonds is 7. The summed E-state index contributed by atoms with van der Waals surface area (Å²) in [5, 5.41) is 2.93. The zero-order valence-corrected chi connectivity index (χ0v) is 16.5. The van der Waals surface area contributed by atoms with Crippen LogP contribution in [0, 0.1) is 5.92 Å². The number of carbonyl (C=O) groups is 2. The lowest BCUT2D eigenvalue weighted by molar-refractivity contribution is -0.126. The maximum Gasteiger partial charge on any atom is 0.227 e. The Balaban J connectivity index is 1.63. The molecule has 0 bridgehead atoms. The van der Waals surface area contributed by atoms with Crippen molar-refractivity contribution >= 4 is 17.5 Å². The molecule has 2 aromatic carbocycles. The van der Waals surface area contributed by atoms with Gasteiger partial charge in [0, 0.05) is 19.5 Å². The zero-order chi connectivity index (χ0) is 20.1. The number of methoxy groups -OCH3 is 1. The van der Waals surface area contributed by atoms with Crippen molar-refractivity contribution in [2.24, 2.45) is 5.92 Å². The van der Waals surface area contributed by atoms with Crippen LogP contribution in [0.15, 0.2) is 48.5 Å². The highest BCUT2D eigenvalue weighted by molar-refractivity contribution is 6.01. The third kappa shape index (κ3) is 4.63. The van der Waals surface area contributed by atoms with E-state index in [-0.39, 0.29) is 30.3 Å². The number of nitrogens with one attached hydrogen (secondary N) is 1. The summed E-state index contributed by atoms with van der Waals surface area (Å²) < 4.78 is 11.0. The molecule has 3 rings (SSSR count). The fourth-order valence-corrected chi connectivity index (χ4v) is 3.23. The van der Waals surface area contributed by atoms with Crippen molar-refractivity contribution in [3.05, 3.63) is 54.1 Å². The van der Waals surface area contributed by atoms with Crippen LogP contribution in [0.3, 0.4) is 0 Å². The summed E-state index contributed by atoms with van der Waals surface area (Å²) in [6.07, 6.45) is 0.201. The average Bonchev–Trinajstić information content (AvgIpc) is 3.08. The minimum absolute atomic E-state index is 0.00227. The van der Waals surface area contributed by atoms with Gasteiger partial charge in [0.2, 0.25) is 11.8 Å². The first-order valence-corrected chi connectivity index (χ1v) is 9.44. The largest absolute Gasteiger partial charge is 0.497 e. The van der Waals surface area contributed by atoms with Gasteiger partial charge in [0.1, 0.15) is 11.5 Å². The van der Waals surface area contributed by atoms with Crippen LogP contribution in [-0.2, 0) is 16.1 Å². The lowest BCUT2D eigenvalue weighted by Gasteiger charge is -2.21. The molecule has 1 N–H and O–H groups in total. The minimum Gasteiger partial charge on any atom is -0.497 e. The maximum atomic E-state index is 12.6. The van der Waals surface area contributed by atoms with Gasteiger partial charge in [-0.1, -0.05) is 24.3 Å². The molecule has 1 fully saturated rings. The summed E-state index contributed by atoms with van der Waals surface area (Å²) >= 11 is 0. The lowest BCUT2D eigenvalue weighted by atomic mass is 10.1. The highest BCUT2D eigenvalue weighted by Gasteiger charge is 2.36. The van der Waals surface area contributed by atoms with E-state index in [4.69, 9.17) is 9.47 Å². The van der Waals surface area contributed by atoms with Crippen LogP contribution in [-0.4, -0.2) is 31.6 Å². The molecule has 6 heteroatoms. The van der Waals surface area contributed by atoms with Crippen LogP contribution >= 0.6 is 0 Å². The number of amides is 2. The van der Waals surface area contributed by atoms with Crippen molar-refractivity contribution < 1.29 is 19.1 Å². The van der Waals surface area contributed by atoms with Crippen molar-refractivity contribution in [1.82, 2.24) is 5.32 Å². The van der Waals surface area contributed by atoms with Gasteiger partial charge in [-0.3, -0.25) is 9.59 Å². The second kappa shape index (κ2) is 8.78. The summed E-state index contributed by atoms with van der Waals surface area (Å²) in [4.78, 5) is 26.8. The second-order valence-corrected chi connectivity index (χ2v) is 7.11. The van der Waals surface area contributed by atoms with E-state index in [0.717, 1.165) is 11.3 Å². The fraction of sp³-hybridized carbons (Fsp3) is 0.364. The van der Waals surface area contributed by atoms with Crippen molar-refractivity contribution in [1.29, 1.82) is 0 Å². The van der Waals surface area contributed by atoms with Crippen LogP contribution in [0.4, 0.5) is 5.69 Å². The quantitative estimate of drug-likeness (QED) is 0.799. The second-order valence-electron chi connectivity index (χ2n) is 7.11. The number of ether oxygens (including phenoxy) is 2. The van der Waals surface area contributed by atoms with E-state index in [1.165, 1.54) is 0 Å². The zero-order valence-electron chi connectivity index (χ0n) is 16.5. The van der Waals surface area contributed by atoms with Crippen molar-refractivity contribution in [2.75, 3.05) is 18.6 Å². The maximum absolute atomic E-state index is 12.6. The number of carbonyl (C=O) groups excluding carboxylic acids is 2. The molecule has 1 atom stereocenters. The molecule has 1 aliphatic heterocycles. The molecule has 6 nitrogen and oxygen atoms in total. The van der Waals surface area contributed by atoms with Gasteiger partial charge in [-0.05, 0) is 43.7 Å².